The van der Waals surface area contributed by atoms with E-state index in [-0.39, 0.29) is 24.0 Å². The minimum Gasteiger partial charge on any atom is -0.359 e. The van der Waals surface area contributed by atoms with Gasteiger partial charge in [-0.1, -0.05) is 32.5 Å². The van der Waals surface area contributed by atoms with Crippen LogP contribution in [0.4, 0.5) is 4.39 Å². The Kier molecular flexibility index (Phi) is 6.36. The summed E-state index contributed by atoms with van der Waals surface area (Å²) >= 11 is 1.42. The number of nitriles is 1. The first kappa shape index (κ1) is 21.4. The topological polar surface area (TPSA) is 90.0 Å². The molecule has 2 aromatic heterocycles. The van der Waals surface area contributed by atoms with E-state index in [0.29, 0.717) is 29.6 Å². The van der Waals surface area contributed by atoms with Gasteiger partial charge in [-0.05, 0) is 6.07 Å². The number of ether oxygens (including phenoxy) is 2. The van der Waals surface area contributed by atoms with Crippen molar-refractivity contribution in [2.45, 2.75) is 37.9 Å². The Balaban J connectivity index is 1.99. The van der Waals surface area contributed by atoms with Crippen LogP contribution < -0.4 is 5.56 Å². The lowest BCUT2D eigenvalue weighted by Crippen LogP contribution is -2.34. The molecule has 1 atom stereocenters. The van der Waals surface area contributed by atoms with Gasteiger partial charge < -0.3 is 9.47 Å². The summed E-state index contributed by atoms with van der Waals surface area (Å²) in [6.45, 7) is 6.64. The first-order valence-electron chi connectivity index (χ1n) is 9.17. The third-order valence-electron chi connectivity index (χ3n) is 4.51. The Labute approximate surface area is 172 Å². The van der Waals surface area contributed by atoms with Gasteiger partial charge in [0.1, 0.15) is 24.2 Å². The van der Waals surface area contributed by atoms with Crippen molar-refractivity contribution in [3.05, 3.63) is 39.7 Å². The van der Waals surface area contributed by atoms with Crippen molar-refractivity contribution in [1.82, 2.24) is 14.5 Å². The second kappa shape index (κ2) is 8.61. The summed E-state index contributed by atoms with van der Waals surface area (Å²) < 4.78 is 26.4. The number of methoxy groups -OCH3 is 1. The standard InChI is InChI=1S/C20H23FN4O3S/c1-20(2,3)17-15(21)5-13(7-23-17)16-14(6-22)18(26)25-8-12(9-28-11-27-4)10-29-19(25)24-16/h5,7,12H,8-11H2,1-4H3/t12-/m1/s1. The molecule has 0 saturated carbocycles. The third kappa shape index (κ3) is 4.50. The van der Waals surface area contributed by atoms with Gasteiger partial charge in [0.25, 0.3) is 5.56 Å². The number of thioether (sulfide) groups is 1. The lowest BCUT2D eigenvalue weighted by Gasteiger charge is -2.25. The summed E-state index contributed by atoms with van der Waals surface area (Å²) in [7, 11) is 1.55. The van der Waals surface area contributed by atoms with E-state index in [1.165, 1.54) is 28.6 Å². The maximum Gasteiger partial charge on any atom is 0.272 e. The quantitative estimate of drug-likeness (QED) is 0.419. The van der Waals surface area contributed by atoms with Gasteiger partial charge in [0.05, 0.1) is 18.0 Å². The van der Waals surface area contributed by atoms with Crippen LogP contribution in [-0.2, 0) is 21.4 Å². The van der Waals surface area contributed by atoms with E-state index >= 15 is 0 Å². The van der Waals surface area contributed by atoms with E-state index in [2.05, 4.69) is 9.97 Å². The van der Waals surface area contributed by atoms with Gasteiger partial charge in [-0.3, -0.25) is 14.3 Å². The Bertz CT molecular complexity index is 1010. The first-order valence-corrected chi connectivity index (χ1v) is 10.2. The maximum absolute atomic E-state index is 14.6. The molecule has 1 aliphatic rings. The normalized spacial score (nSPS) is 16.3. The van der Waals surface area contributed by atoms with Crippen LogP contribution in [0.25, 0.3) is 11.3 Å². The fraction of sp³-hybridized carbons (Fsp3) is 0.500. The van der Waals surface area contributed by atoms with Gasteiger partial charge in [0, 0.05) is 42.5 Å². The van der Waals surface area contributed by atoms with Crippen LogP contribution in [0.2, 0.25) is 0 Å². The van der Waals surface area contributed by atoms with Crippen LogP contribution in [0, 0.1) is 23.1 Å². The molecule has 0 spiro atoms. The zero-order chi connectivity index (χ0) is 21.2. The van der Waals surface area contributed by atoms with Gasteiger partial charge in [-0.15, -0.1) is 0 Å². The van der Waals surface area contributed by atoms with Crippen molar-refractivity contribution >= 4 is 11.8 Å². The van der Waals surface area contributed by atoms with Gasteiger partial charge in [-0.2, -0.15) is 5.26 Å². The highest BCUT2D eigenvalue weighted by Crippen LogP contribution is 2.30. The molecule has 0 saturated heterocycles. The van der Waals surface area contributed by atoms with Crippen LogP contribution in [0.5, 0.6) is 0 Å². The Morgan fingerprint density at radius 1 is 1.45 bits per heavy atom. The molecule has 0 unspecified atom stereocenters. The number of hydrogen-bond donors (Lipinski definition) is 0. The average molecular weight is 418 g/mol. The third-order valence-corrected chi connectivity index (χ3v) is 5.72. The molecule has 3 heterocycles. The maximum atomic E-state index is 14.6. The van der Waals surface area contributed by atoms with E-state index in [9.17, 15) is 14.4 Å². The molecule has 1 aliphatic heterocycles. The molecule has 0 radical (unpaired) electrons. The second-order valence-corrected chi connectivity index (χ2v) is 8.89. The minimum absolute atomic E-state index is 0.102. The molecule has 0 N–H and O–H groups in total. The molecule has 3 rings (SSSR count). The van der Waals surface area contributed by atoms with E-state index in [0.717, 1.165) is 5.75 Å². The molecule has 0 aromatic carbocycles. The van der Waals surface area contributed by atoms with E-state index in [4.69, 9.17) is 9.47 Å². The fourth-order valence-electron chi connectivity index (χ4n) is 3.14. The van der Waals surface area contributed by atoms with Gasteiger partial charge >= 0.3 is 0 Å². The van der Waals surface area contributed by atoms with Crippen molar-refractivity contribution < 1.29 is 13.9 Å². The zero-order valence-corrected chi connectivity index (χ0v) is 17.7. The second-order valence-electron chi connectivity index (χ2n) is 7.90. The first-order chi connectivity index (χ1) is 13.8. The van der Waals surface area contributed by atoms with Crippen LogP contribution in [-0.4, -0.2) is 40.8 Å². The van der Waals surface area contributed by atoms with Crippen LogP contribution in [0.15, 0.2) is 22.2 Å². The lowest BCUT2D eigenvalue weighted by molar-refractivity contribution is -0.0431. The average Bonchev–Trinajstić information content (AvgIpc) is 2.67. The predicted octanol–water partition coefficient (Wildman–Crippen LogP) is 2.96. The van der Waals surface area contributed by atoms with E-state index in [1.54, 1.807) is 7.11 Å². The summed E-state index contributed by atoms with van der Waals surface area (Å²) in [5.41, 5.74) is -0.202. The number of fused-ring (bicyclic) bond motifs is 1. The summed E-state index contributed by atoms with van der Waals surface area (Å²) in [5.74, 6) is 0.336. The van der Waals surface area contributed by atoms with Gasteiger partial charge in [0.15, 0.2) is 5.16 Å². The number of aromatic nitrogens is 3. The van der Waals surface area contributed by atoms with Crippen molar-refractivity contribution in [3.8, 4) is 17.3 Å². The number of pyridine rings is 1. The monoisotopic (exact) mass is 418 g/mol. The smallest absolute Gasteiger partial charge is 0.272 e. The van der Waals surface area contributed by atoms with Crippen LogP contribution in [0.3, 0.4) is 0 Å². The van der Waals surface area contributed by atoms with E-state index in [1.807, 2.05) is 26.8 Å². The highest BCUT2D eigenvalue weighted by molar-refractivity contribution is 7.99. The molecule has 2 aromatic rings. The summed E-state index contributed by atoms with van der Waals surface area (Å²) in [5, 5.41) is 10.1. The van der Waals surface area contributed by atoms with E-state index < -0.39 is 16.8 Å². The number of hydrogen-bond acceptors (Lipinski definition) is 7. The summed E-state index contributed by atoms with van der Waals surface area (Å²) in [4.78, 5) is 21.7. The minimum atomic E-state index is -0.485. The van der Waals surface area contributed by atoms with Crippen molar-refractivity contribution in [2.75, 3.05) is 26.3 Å². The molecular formula is C20H23FN4O3S. The highest BCUT2D eigenvalue weighted by atomic mass is 32.2. The SMILES string of the molecule is COCOC[C@@H]1CSc2nc(-c3cnc(C(C)(C)C)c(F)c3)c(C#N)c(=O)n2C1. The Morgan fingerprint density at radius 3 is 2.83 bits per heavy atom. The zero-order valence-electron chi connectivity index (χ0n) is 16.9. The number of halogens is 1. The summed E-state index contributed by atoms with van der Waals surface area (Å²) in [6, 6.07) is 3.23. The predicted molar refractivity (Wildman–Crippen MR) is 107 cm³/mol. The van der Waals surface area contributed by atoms with Crippen molar-refractivity contribution in [1.29, 1.82) is 5.26 Å². The molecule has 0 fully saturated rings. The van der Waals surface area contributed by atoms with Crippen molar-refractivity contribution in [2.24, 2.45) is 5.92 Å². The molecule has 0 bridgehead atoms. The highest BCUT2D eigenvalue weighted by Gasteiger charge is 2.27. The van der Waals surface area contributed by atoms with Gasteiger partial charge in [-0.25, -0.2) is 9.37 Å². The molecular weight excluding hydrogens is 395 g/mol. The molecule has 154 valence electrons. The Hall–Kier alpha value is -2.28. The van der Waals surface area contributed by atoms with Crippen molar-refractivity contribution in [3.63, 3.8) is 0 Å². The largest absolute Gasteiger partial charge is 0.359 e. The fourth-order valence-corrected chi connectivity index (χ4v) is 4.19. The molecule has 9 heteroatoms. The Morgan fingerprint density at radius 2 is 2.21 bits per heavy atom. The number of rotatable bonds is 5. The van der Waals surface area contributed by atoms with Crippen LogP contribution in [0.1, 0.15) is 32.0 Å². The van der Waals surface area contributed by atoms with Crippen LogP contribution >= 0.6 is 11.8 Å². The molecule has 29 heavy (non-hydrogen) atoms. The molecule has 7 nitrogen and oxygen atoms in total. The number of nitrogens with zero attached hydrogens (tertiary/aromatic N) is 4. The lowest BCUT2D eigenvalue weighted by atomic mass is 9.90. The summed E-state index contributed by atoms with van der Waals surface area (Å²) in [6.07, 6.45) is 1.47. The molecule has 0 aliphatic carbocycles. The molecule has 0 amide bonds. The van der Waals surface area contributed by atoms with Gasteiger partial charge in [0.2, 0.25) is 0 Å².